The molecule has 1 saturated heterocycles. The van der Waals surface area contributed by atoms with Crippen LogP contribution in [-0.2, 0) is 34.2 Å². The monoisotopic (exact) mass is 385 g/mol. The molecule has 7 heteroatoms. The molecular weight excluding hydrogens is 362 g/mol. The molecule has 2 aromatic rings. The summed E-state index contributed by atoms with van der Waals surface area (Å²) in [5.41, 5.74) is 1.78. The molecule has 0 unspecified atom stereocenters. The highest BCUT2D eigenvalue weighted by Crippen LogP contribution is 2.37. The van der Waals surface area contributed by atoms with Crippen LogP contribution in [0, 0.1) is 5.92 Å². The maximum absolute atomic E-state index is 13.0. The van der Waals surface area contributed by atoms with Crippen LogP contribution in [0.15, 0.2) is 48.7 Å². The third kappa shape index (κ3) is 5.44. The van der Waals surface area contributed by atoms with Crippen LogP contribution >= 0.6 is 0 Å². The Balaban J connectivity index is 0.000000582. The van der Waals surface area contributed by atoms with Gasteiger partial charge in [0.2, 0.25) is 0 Å². The highest BCUT2D eigenvalue weighted by molar-refractivity contribution is 5.89. The van der Waals surface area contributed by atoms with Gasteiger partial charge in [-0.2, -0.15) is 19.2 Å². The summed E-state index contributed by atoms with van der Waals surface area (Å²) in [6.07, 6.45) is 4.05. The Morgan fingerprint density at radius 2 is 1.50 bits per heavy atom. The average molecular weight is 385 g/mol. The molecule has 1 aromatic heterocycles. The Morgan fingerprint density at radius 1 is 0.964 bits per heavy atom. The first-order valence-electron chi connectivity index (χ1n) is 8.82. The lowest BCUT2D eigenvalue weighted by Gasteiger charge is -2.40. The fourth-order valence-corrected chi connectivity index (χ4v) is 3.45. The van der Waals surface area contributed by atoms with E-state index in [0.29, 0.717) is 19.0 Å². The minimum atomic E-state index is -0.471. The lowest BCUT2D eigenvalue weighted by atomic mass is 9.80. The van der Waals surface area contributed by atoms with Crippen LogP contribution in [-0.4, -0.2) is 35.9 Å². The third-order valence-corrected chi connectivity index (χ3v) is 4.58. The van der Waals surface area contributed by atoms with Gasteiger partial charge >= 0.3 is 12.3 Å². The molecule has 2 heterocycles. The maximum Gasteiger partial charge on any atom is 0.373 e. The summed E-state index contributed by atoms with van der Waals surface area (Å²) in [5, 5.41) is 0. The Bertz CT molecular complexity index is 794. The second-order valence-electron chi connectivity index (χ2n) is 6.46. The number of hydrogen-bond donors (Lipinski definition) is 0. The Labute approximate surface area is 163 Å². The van der Waals surface area contributed by atoms with Gasteiger partial charge in [-0.3, -0.25) is 4.79 Å². The van der Waals surface area contributed by atoms with Crippen molar-refractivity contribution in [1.29, 1.82) is 0 Å². The molecule has 7 nitrogen and oxygen atoms in total. The number of nitrogens with zero attached hydrogens (tertiary/aromatic N) is 1. The highest BCUT2D eigenvalue weighted by Gasteiger charge is 2.43. The van der Waals surface area contributed by atoms with Crippen molar-refractivity contribution in [3.8, 4) is 11.3 Å². The molecule has 148 valence electrons. The quantitative estimate of drug-likeness (QED) is 0.802. The molecule has 1 fully saturated rings. The molecule has 0 spiro atoms. The zero-order chi connectivity index (χ0) is 21.0. The van der Waals surface area contributed by atoms with Crippen LogP contribution in [0.2, 0.25) is 0 Å². The first-order chi connectivity index (χ1) is 13.5. The predicted molar refractivity (Wildman–Crippen MR) is 97.8 cm³/mol. The van der Waals surface area contributed by atoms with Crippen LogP contribution < -0.4 is 0 Å². The van der Waals surface area contributed by atoms with Gasteiger partial charge in [0.25, 0.3) is 0 Å². The van der Waals surface area contributed by atoms with Crippen molar-refractivity contribution < 1.29 is 28.7 Å². The van der Waals surface area contributed by atoms with E-state index in [9.17, 15) is 4.79 Å². The van der Waals surface area contributed by atoms with Gasteiger partial charge in [0.1, 0.15) is 5.54 Å². The predicted octanol–water partition coefficient (Wildman–Crippen LogP) is 2.72. The fraction of sp³-hybridized carbons (Fsp3) is 0.381. The number of aromatic nitrogens is 1. The SMILES string of the molecule is CC(C)C(=O)C1(n2cccc2-c2ccccc2)CCOCC1.O=C=O.O=C=O. The Hall–Kier alpha value is -3.11. The van der Waals surface area contributed by atoms with Crippen LogP contribution in [0.4, 0.5) is 0 Å². The van der Waals surface area contributed by atoms with Crippen molar-refractivity contribution in [1.82, 2.24) is 4.57 Å². The van der Waals surface area contributed by atoms with E-state index in [2.05, 4.69) is 22.8 Å². The molecule has 28 heavy (non-hydrogen) atoms. The van der Waals surface area contributed by atoms with E-state index in [1.54, 1.807) is 0 Å². The summed E-state index contributed by atoms with van der Waals surface area (Å²) < 4.78 is 7.72. The maximum atomic E-state index is 13.0. The van der Waals surface area contributed by atoms with E-state index in [-0.39, 0.29) is 18.2 Å². The first-order valence-corrected chi connectivity index (χ1v) is 8.82. The number of benzene rings is 1. The molecule has 0 saturated carbocycles. The minimum Gasteiger partial charge on any atom is -0.381 e. The Morgan fingerprint density at radius 3 is 2.00 bits per heavy atom. The van der Waals surface area contributed by atoms with Crippen molar-refractivity contribution in [2.75, 3.05) is 13.2 Å². The van der Waals surface area contributed by atoms with Gasteiger partial charge in [-0.15, -0.1) is 0 Å². The molecule has 0 N–H and O–H groups in total. The van der Waals surface area contributed by atoms with Crippen LogP contribution in [0.25, 0.3) is 11.3 Å². The van der Waals surface area contributed by atoms with E-state index in [1.165, 1.54) is 0 Å². The molecule has 0 atom stereocenters. The summed E-state index contributed by atoms with van der Waals surface area (Å²) in [5.74, 6) is 0.327. The molecular formula is C21H23NO6. The molecule has 0 amide bonds. The number of hydrogen-bond acceptors (Lipinski definition) is 6. The van der Waals surface area contributed by atoms with E-state index >= 15 is 0 Å². The van der Waals surface area contributed by atoms with Crippen LogP contribution in [0.1, 0.15) is 26.7 Å². The van der Waals surface area contributed by atoms with Gasteiger partial charge in [0, 0.05) is 43.9 Å². The zero-order valence-corrected chi connectivity index (χ0v) is 15.9. The number of ketones is 1. The second-order valence-corrected chi connectivity index (χ2v) is 6.46. The fourth-order valence-electron chi connectivity index (χ4n) is 3.45. The Kier molecular flexibility index (Phi) is 9.48. The minimum absolute atomic E-state index is 0.0177. The number of rotatable bonds is 4. The van der Waals surface area contributed by atoms with Crippen molar-refractivity contribution in [2.45, 2.75) is 32.2 Å². The number of carbonyl (C=O) groups is 1. The normalized spacial score (nSPS) is 14.4. The standard InChI is InChI=1S/C19H23NO2.2CO2/c1-15(2)18(21)19(10-13-22-14-11-19)20-12-6-9-17(20)16-7-4-3-5-8-16;2*2-1-3/h3-9,12,15H,10-11,13-14H2,1-2H3;;. The van der Waals surface area contributed by atoms with Gasteiger partial charge in [-0.25, -0.2) is 0 Å². The van der Waals surface area contributed by atoms with Crippen molar-refractivity contribution in [3.63, 3.8) is 0 Å². The average Bonchev–Trinajstić information content (AvgIpc) is 3.20. The summed E-state index contributed by atoms with van der Waals surface area (Å²) in [7, 11) is 0. The summed E-state index contributed by atoms with van der Waals surface area (Å²) in [6.45, 7) is 5.27. The van der Waals surface area contributed by atoms with Crippen LogP contribution in [0.5, 0.6) is 0 Å². The summed E-state index contributed by atoms with van der Waals surface area (Å²) in [4.78, 5) is 45.5. The second kappa shape index (κ2) is 11.6. The molecule has 0 aliphatic carbocycles. The number of carbonyl (C=O) groups excluding carboxylic acids is 5. The molecule has 0 radical (unpaired) electrons. The summed E-state index contributed by atoms with van der Waals surface area (Å²) >= 11 is 0. The lowest BCUT2D eigenvalue weighted by Crippen LogP contribution is -2.48. The molecule has 3 rings (SSSR count). The molecule has 1 aliphatic rings. The number of Topliss-reactive ketones (excluding diaryl/α,β-unsaturated/α-hetero) is 1. The first kappa shape index (κ1) is 22.9. The smallest absolute Gasteiger partial charge is 0.373 e. The molecule has 1 aliphatic heterocycles. The molecule has 0 bridgehead atoms. The van der Waals surface area contributed by atoms with Gasteiger partial charge in [0.05, 0.1) is 0 Å². The van der Waals surface area contributed by atoms with Gasteiger partial charge in [-0.05, 0) is 17.7 Å². The van der Waals surface area contributed by atoms with E-state index in [1.807, 2.05) is 44.3 Å². The van der Waals surface area contributed by atoms with E-state index in [4.69, 9.17) is 23.9 Å². The number of ether oxygens (including phenoxy) is 1. The third-order valence-electron chi connectivity index (χ3n) is 4.58. The van der Waals surface area contributed by atoms with Crippen molar-refractivity contribution in [2.24, 2.45) is 5.92 Å². The largest absolute Gasteiger partial charge is 0.381 e. The topological polar surface area (TPSA) is 99.5 Å². The van der Waals surface area contributed by atoms with Gasteiger partial charge in [-0.1, -0.05) is 44.2 Å². The molecule has 1 aromatic carbocycles. The zero-order valence-electron chi connectivity index (χ0n) is 15.9. The van der Waals surface area contributed by atoms with Gasteiger partial charge in [0.15, 0.2) is 5.78 Å². The van der Waals surface area contributed by atoms with E-state index < -0.39 is 5.54 Å². The van der Waals surface area contributed by atoms with Crippen molar-refractivity contribution >= 4 is 18.1 Å². The van der Waals surface area contributed by atoms with Crippen molar-refractivity contribution in [3.05, 3.63) is 48.7 Å². The van der Waals surface area contributed by atoms with Crippen LogP contribution in [0.3, 0.4) is 0 Å². The van der Waals surface area contributed by atoms with E-state index in [0.717, 1.165) is 24.1 Å². The van der Waals surface area contributed by atoms with Gasteiger partial charge < -0.3 is 9.30 Å². The highest BCUT2D eigenvalue weighted by atomic mass is 16.5. The summed E-state index contributed by atoms with van der Waals surface area (Å²) in [6, 6.07) is 14.4. The lowest BCUT2D eigenvalue weighted by molar-refractivity contribution is -0.193.